The van der Waals surface area contributed by atoms with Crippen LogP contribution in [0.3, 0.4) is 0 Å². The number of aliphatic hydroxyl groups excluding tert-OH is 1. The monoisotopic (exact) mass is 738 g/mol. The fourth-order valence-corrected chi connectivity index (χ4v) is 6.01. The smallest absolute Gasteiger partial charge is 0.408 e. The second-order valence-corrected chi connectivity index (χ2v) is 13.8. The Morgan fingerprint density at radius 3 is 1.87 bits per heavy atom. The minimum Gasteiger partial charge on any atom is -0.481 e. The number of benzene rings is 3. The van der Waals surface area contributed by atoms with E-state index in [0.717, 1.165) is 11.5 Å². The number of carboxylic acids is 2. The SMILES string of the molecule is CC(C)[C@H](NC(=O)C(NC(=O)[C@H](CC(=O)O)NC(=O)OCc1ccccc1)c1ccccc1)C(O)N[C@H](/C=C/S(=O)(=O)c1ccccc1)CC(=O)O. The summed E-state index contributed by atoms with van der Waals surface area (Å²) in [6.45, 7) is 3.16. The van der Waals surface area contributed by atoms with Gasteiger partial charge in [0.15, 0.2) is 9.84 Å². The number of hydrogen-bond acceptors (Lipinski definition) is 10. The molecule has 0 fully saturated rings. The van der Waals surface area contributed by atoms with Crippen molar-refractivity contribution in [2.45, 2.75) is 68.6 Å². The van der Waals surface area contributed by atoms with Gasteiger partial charge in [-0.15, -0.1) is 0 Å². The number of amides is 3. The topological polar surface area (TPSA) is 238 Å². The Morgan fingerprint density at radius 2 is 1.31 bits per heavy atom. The molecule has 0 aliphatic heterocycles. The molecule has 0 saturated carbocycles. The summed E-state index contributed by atoms with van der Waals surface area (Å²) in [6.07, 6.45) is -3.06. The molecule has 52 heavy (non-hydrogen) atoms. The summed E-state index contributed by atoms with van der Waals surface area (Å²) in [5.74, 6) is -5.07. The Kier molecular flexibility index (Phi) is 15.5. The van der Waals surface area contributed by atoms with Crippen molar-refractivity contribution in [2.24, 2.45) is 5.92 Å². The van der Waals surface area contributed by atoms with Crippen molar-refractivity contribution < 1.29 is 52.4 Å². The average molecular weight is 739 g/mol. The number of carboxylic acid groups (broad SMARTS) is 2. The van der Waals surface area contributed by atoms with Crippen LogP contribution in [0.1, 0.15) is 43.9 Å². The van der Waals surface area contributed by atoms with Gasteiger partial charge in [-0.2, -0.15) is 0 Å². The third-order valence-electron chi connectivity index (χ3n) is 7.59. The molecule has 3 aromatic rings. The normalized spacial score (nSPS) is 14.4. The van der Waals surface area contributed by atoms with Gasteiger partial charge in [0.25, 0.3) is 0 Å². The maximum atomic E-state index is 13.8. The highest BCUT2D eigenvalue weighted by Gasteiger charge is 2.33. The van der Waals surface area contributed by atoms with Gasteiger partial charge in [-0.3, -0.25) is 24.5 Å². The summed E-state index contributed by atoms with van der Waals surface area (Å²) >= 11 is 0. The fraction of sp³-hybridized carbons (Fsp3) is 0.306. The number of sulfone groups is 1. The molecule has 0 aliphatic carbocycles. The third kappa shape index (κ3) is 13.3. The van der Waals surface area contributed by atoms with Gasteiger partial charge in [0.2, 0.25) is 11.8 Å². The lowest BCUT2D eigenvalue weighted by Gasteiger charge is -2.32. The van der Waals surface area contributed by atoms with Gasteiger partial charge in [0.05, 0.1) is 23.8 Å². The van der Waals surface area contributed by atoms with Gasteiger partial charge in [0.1, 0.15) is 24.9 Å². The van der Waals surface area contributed by atoms with Crippen LogP contribution in [0.5, 0.6) is 0 Å². The highest BCUT2D eigenvalue weighted by Crippen LogP contribution is 2.17. The highest BCUT2D eigenvalue weighted by atomic mass is 32.2. The van der Waals surface area contributed by atoms with Crippen molar-refractivity contribution >= 4 is 39.7 Å². The maximum absolute atomic E-state index is 13.8. The van der Waals surface area contributed by atoms with E-state index in [1.807, 2.05) is 0 Å². The molecule has 3 rings (SSSR count). The standard InChI is InChI=1S/C36H42N4O11S/c1-23(2)31(34(46)37-26(20-29(41)42)18-19-52(49,50)27-16-10-5-11-17-27)39-35(47)32(25-14-8-4-9-15-25)40-33(45)28(21-30(43)44)38-36(48)51-22-24-12-6-3-7-13-24/h3-19,23,26,28,31-32,34,37,46H,20-22H2,1-2H3,(H,38,48)(H,39,47)(H,40,45)(H,41,42)(H,43,44)/b19-18+/t26-,28+,31+,32?,34?/m1/s1. The minimum atomic E-state index is -3.95. The molecular formula is C36H42N4O11S. The first-order valence-corrected chi connectivity index (χ1v) is 17.7. The van der Waals surface area contributed by atoms with Gasteiger partial charge in [0, 0.05) is 11.4 Å². The summed E-state index contributed by atoms with van der Waals surface area (Å²) in [5, 5.41) is 41.0. The summed E-state index contributed by atoms with van der Waals surface area (Å²) < 4.78 is 30.7. The molecule has 0 saturated heterocycles. The number of rotatable bonds is 19. The van der Waals surface area contributed by atoms with E-state index in [9.17, 15) is 47.7 Å². The molecule has 0 aliphatic rings. The number of ether oxygens (including phenoxy) is 1. The summed E-state index contributed by atoms with van der Waals surface area (Å²) in [5.41, 5.74) is 0.924. The molecule has 2 unspecified atom stereocenters. The van der Waals surface area contributed by atoms with Crippen LogP contribution in [0.25, 0.3) is 0 Å². The molecule has 15 nitrogen and oxygen atoms in total. The number of carbonyl (C=O) groups is 5. The summed E-state index contributed by atoms with van der Waals surface area (Å²) in [6, 6.07) is 18.6. The van der Waals surface area contributed by atoms with Crippen LogP contribution in [0.2, 0.25) is 0 Å². The van der Waals surface area contributed by atoms with Gasteiger partial charge in [-0.25, -0.2) is 13.2 Å². The molecular weight excluding hydrogens is 696 g/mol. The predicted octanol–water partition coefficient (Wildman–Crippen LogP) is 2.49. The van der Waals surface area contributed by atoms with Crippen LogP contribution in [-0.2, 0) is 40.4 Å². The molecule has 278 valence electrons. The third-order valence-corrected chi connectivity index (χ3v) is 9.03. The Bertz CT molecular complexity index is 1790. The maximum Gasteiger partial charge on any atom is 0.408 e. The first-order chi connectivity index (χ1) is 24.7. The number of aliphatic hydroxyl groups is 1. The Balaban J connectivity index is 1.79. The van der Waals surface area contributed by atoms with Crippen LogP contribution in [-0.4, -0.2) is 77.9 Å². The zero-order valence-electron chi connectivity index (χ0n) is 28.4. The zero-order valence-corrected chi connectivity index (χ0v) is 29.2. The number of nitrogens with one attached hydrogen (secondary N) is 4. The lowest BCUT2D eigenvalue weighted by Crippen LogP contribution is -2.57. The fourth-order valence-electron chi connectivity index (χ4n) is 4.92. The number of alkyl carbamates (subject to hydrolysis) is 1. The molecule has 3 aromatic carbocycles. The van der Waals surface area contributed by atoms with Crippen LogP contribution in [0.4, 0.5) is 4.79 Å². The number of hydrogen-bond donors (Lipinski definition) is 7. The lowest BCUT2D eigenvalue weighted by atomic mass is 9.99. The first-order valence-electron chi connectivity index (χ1n) is 16.1. The first kappa shape index (κ1) is 40.8. The van der Waals surface area contributed by atoms with Crippen molar-refractivity contribution in [2.75, 3.05) is 0 Å². The van der Waals surface area contributed by atoms with Crippen LogP contribution >= 0.6 is 0 Å². The Hall–Kier alpha value is -5.58. The van der Waals surface area contributed by atoms with Gasteiger partial charge < -0.3 is 36.0 Å². The lowest BCUT2D eigenvalue weighted by molar-refractivity contribution is -0.140. The summed E-state index contributed by atoms with van der Waals surface area (Å²) in [4.78, 5) is 63.0. The van der Waals surface area contributed by atoms with E-state index in [1.54, 1.807) is 68.4 Å². The highest BCUT2D eigenvalue weighted by molar-refractivity contribution is 7.94. The van der Waals surface area contributed by atoms with Crippen molar-refractivity contribution in [3.63, 3.8) is 0 Å². The molecule has 5 atom stereocenters. The Labute approximate surface area is 301 Å². The van der Waals surface area contributed by atoms with E-state index in [0.29, 0.717) is 5.56 Å². The Morgan fingerprint density at radius 1 is 0.750 bits per heavy atom. The van der Waals surface area contributed by atoms with E-state index in [-0.39, 0.29) is 17.1 Å². The molecule has 0 spiro atoms. The van der Waals surface area contributed by atoms with E-state index in [2.05, 4.69) is 21.3 Å². The molecule has 0 bridgehead atoms. The summed E-state index contributed by atoms with van der Waals surface area (Å²) in [7, 11) is -3.95. The number of carbonyl (C=O) groups excluding carboxylic acids is 3. The van der Waals surface area contributed by atoms with Gasteiger partial charge >= 0.3 is 18.0 Å². The molecule has 7 N–H and O–H groups in total. The van der Waals surface area contributed by atoms with Crippen LogP contribution < -0.4 is 21.3 Å². The van der Waals surface area contributed by atoms with Crippen LogP contribution in [0, 0.1) is 5.92 Å². The molecule has 0 radical (unpaired) electrons. The molecule has 3 amide bonds. The second-order valence-electron chi connectivity index (χ2n) is 12.0. The average Bonchev–Trinajstić information content (AvgIpc) is 3.11. The molecule has 0 heterocycles. The second kappa shape index (κ2) is 19.7. The van der Waals surface area contributed by atoms with Crippen molar-refractivity contribution in [3.8, 4) is 0 Å². The molecule has 0 aromatic heterocycles. The van der Waals surface area contributed by atoms with Gasteiger partial charge in [-0.1, -0.05) is 98.8 Å². The van der Waals surface area contributed by atoms with Crippen molar-refractivity contribution in [1.82, 2.24) is 21.3 Å². The minimum absolute atomic E-state index is 0.0212. The quantitative estimate of drug-likeness (QED) is 0.0879. The van der Waals surface area contributed by atoms with Crippen molar-refractivity contribution in [1.29, 1.82) is 0 Å². The molecule has 16 heteroatoms. The largest absolute Gasteiger partial charge is 0.481 e. The predicted molar refractivity (Wildman–Crippen MR) is 188 cm³/mol. The van der Waals surface area contributed by atoms with E-state index in [4.69, 9.17) is 4.74 Å². The zero-order chi connectivity index (χ0) is 38.3. The van der Waals surface area contributed by atoms with E-state index >= 15 is 0 Å². The van der Waals surface area contributed by atoms with Crippen molar-refractivity contribution in [3.05, 3.63) is 114 Å². The van der Waals surface area contributed by atoms with E-state index in [1.165, 1.54) is 36.4 Å². The van der Waals surface area contributed by atoms with Crippen LogP contribution in [0.15, 0.2) is 107 Å². The number of aliphatic carboxylic acids is 2. The van der Waals surface area contributed by atoms with E-state index < -0.39 is 88.8 Å². The van der Waals surface area contributed by atoms with Gasteiger partial charge in [-0.05, 0) is 29.2 Å².